The lowest BCUT2D eigenvalue weighted by Gasteiger charge is -2.18. The van der Waals surface area contributed by atoms with Crippen molar-refractivity contribution in [1.82, 2.24) is 4.90 Å². The van der Waals surface area contributed by atoms with Crippen LogP contribution in [0.1, 0.15) is 27.2 Å². The van der Waals surface area contributed by atoms with Crippen molar-refractivity contribution >= 4 is 12.1 Å². The van der Waals surface area contributed by atoms with Crippen LogP contribution in [0, 0.1) is 5.41 Å². The molecule has 0 aromatic heterocycles. The standard InChI is InChI=1S/C9H19N3/c1-5-12(4)9(6-7-10)11-8(2)3/h7-8,10H,5-6H2,1-4H3. The molecule has 0 saturated carbocycles. The van der Waals surface area contributed by atoms with Gasteiger partial charge in [-0.05, 0) is 20.8 Å². The van der Waals surface area contributed by atoms with Crippen LogP contribution in [-0.2, 0) is 0 Å². The third-order valence-electron chi connectivity index (χ3n) is 1.61. The maximum absolute atomic E-state index is 7.01. The molecule has 0 aromatic rings. The second-order valence-electron chi connectivity index (χ2n) is 3.06. The Labute approximate surface area is 75.0 Å². The first-order valence-electron chi connectivity index (χ1n) is 4.38. The minimum Gasteiger partial charge on any atom is -0.363 e. The van der Waals surface area contributed by atoms with Crippen LogP contribution in [0.3, 0.4) is 0 Å². The van der Waals surface area contributed by atoms with Crippen molar-refractivity contribution in [3.8, 4) is 0 Å². The Morgan fingerprint density at radius 1 is 1.58 bits per heavy atom. The van der Waals surface area contributed by atoms with E-state index in [0.717, 1.165) is 12.4 Å². The van der Waals surface area contributed by atoms with Gasteiger partial charge in [0.25, 0.3) is 0 Å². The average molecular weight is 169 g/mol. The zero-order valence-corrected chi connectivity index (χ0v) is 8.46. The molecule has 0 bridgehead atoms. The molecular weight excluding hydrogens is 150 g/mol. The van der Waals surface area contributed by atoms with Crippen LogP contribution < -0.4 is 0 Å². The molecule has 0 fully saturated rings. The van der Waals surface area contributed by atoms with E-state index in [1.165, 1.54) is 6.21 Å². The summed E-state index contributed by atoms with van der Waals surface area (Å²) < 4.78 is 0. The normalized spacial score (nSPS) is 11.9. The Morgan fingerprint density at radius 2 is 2.17 bits per heavy atom. The molecule has 0 saturated heterocycles. The predicted octanol–water partition coefficient (Wildman–Crippen LogP) is 1.78. The van der Waals surface area contributed by atoms with E-state index in [0.29, 0.717) is 12.5 Å². The number of nitrogens with one attached hydrogen (secondary N) is 1. The molecule has 70 valence electrons. The molecular formula is C9H19N3. The van der Waals surface area contributed by atoms with Crippen molar-refractivity contribution in [2.24, 2.45) is 4.99 Å². The van der Waals surface area contributed by atoms with Gasteiger partial charge >= 0.3 is 0 Å². The molecule has 1 N–H and O–H groups in total. The molecule has 0 aliphatic carbocycles. The first-order valence-corrected chi connectivity index (χ1v) is 4.38. The first kappa shape index (κ1) is 11.1. The van der Waals surface area contributed by atoms with E-state index in [9.17, 15) is 0 Å². The van der Waals surface area contributed by atoms with Crippen molar-refractivity contribution in [1.29, 1.82) is 5.41 Å². The number of rotatable bonds is 4. The van der Waals surface area contributed by atoms with E-state index in [1.54, 1.807) is 0 Å². The zero-order chi connectivity index (χ0) is 9.56. The van der Waals surface area contributed by atoms with E-state index in [4.69, 9.17) is 5.41 Å². The average Bonchev–Trinajstić information content (AvgIpc) is 2.01. The highest BCUT2D eigenvalue weighted by molar-refractivity contribution is 5.93. The highest BCUT2D eigenvalue weighted by Gasteiger charge is 2.02. The molecule has 0 aromatic carbocycles. The summed E-state index contributed by atoms with van der Waals surface area (Å²) in [6.07, 6.45) is 2.04. The van der Waals surface area contributed by atoms with Crippen molar-refractivity contribution in [2.45, 2.75) is 33.2 Å². The molecule has 0 aliphatic heterocycles. The number of aliphatic imine (C=N–C) groups is 1. The smallest absolute Gasteiger partial charge is 0.104 e. The fourth-order valence-corrected chi connectivity index (χ4v) is 0.879. The molecule has 0 rings (SSSR count). The van der Waals surface area contributed by atoms with Crippen LogP contribution in [0.25, 0.3) is 0 Å². The molecule has 0 spiro atoms. The number of hydrogen-bond acceptors (Lipinski definition) is 2. The van der Waals surface area contributed by atoms with Gasteiger partial charge in [0.05, 0.1) is 0 Å². The second-order valence-corrected chi connectivity index (χ2v) is 3.06. The van der Waals surface area contributed by atoms with Gasteiger partial charge in [-0.3, -0.25) is 4.99 Å². The van der Waals surface area contributed by atoms with Crippen LogP contribution in [-0.4, -0.2) is 36.6 Å². The Balaban J connectivity index is 4.30. The van der Waals surface area contributed by atoms with E-state index in [1.807, 2.05) is 20.9 Å². The fraction of sp³-hybridized carbons (Fsp3) is 0.778. The fourth-order valence-electron chi connectivity index (χ4n) is 0.879. The Morgan fingerprint density at radius 3 is 2.50 bits per heavy atom. The highest BCUT2D eigenvalue weighted by Crippen LogP contribution is 1.96. The SMILES string of the molecule is CCN(C)C(CC=N)=NC(C)C. The number of hydrogen-bond donors (Lipinski definition) is 1. The topological polar surface area (TPSA) is 39.5 Å². The molecule has 0 unspecified atom stereocenters. The quantitative estimate of drug-likeness (QED) is 0.505. The van der Waals surface area contributed by atoms with Gasteiger partial charge in [-0.2, -0.15) is 0 Å². The van der Waals surface area contributed by atoms with Gasteiger partial charge in [-0.25, -0.2) is 0 Å². The molecule has 12 heavy (non-hydrogen) atoms. The maximum Gasteiger partial charge on any atom is 0.104 e. The van der Waals surface area contributed by atoms with E-state index >= 15 is 0 Å². The van der Waals surface area contributed by atoms with Crippen LogP contribution in [0.5, 0.6) is 0 Å². The molecule has 0 heterocycles. The zero-order valence-electron chi connectivity index (χ0n) is 8.46. The third-order valence-corrected chi connectivity index (χ3v) is 1.61. The summed E-state index contributed by atoms with van der Waals surface area (Å²) in [4.78, 5) is 6.50. The molecule has 0 radical (unpaired) electrons. The summed E-state index contributed by atoms with van der Waals surface area (Å²) in [6.45, 7) is 7.13. The lowest BCUT2D eigenvalue weighted by atomic mass is 10.3. The summed E-state index contributed by atoms with van der Waals surface area (Å²) in [6, 6.07) is 0.314. The summed E-state index contributed by atoms with van der Waals surface area (Å²) >= 11 is 0. The second kappa shape index (κ2) is 5.75. The van der Waals surface area contributed by atoms with Crippen LogP contribution in [0.15, 0.2) is 4.99 Å². The van der Waals surface area contributed by atoms with Crippen molar-refractivity contribution in [2.75, 3.05) is 13.6 Å². The molecule has 0 aliphatic rings. The van der Waals surface area contributed by atoms with Crippen molar-refractivity contribution < 1.29 is 0 Å². The Hall–Kier alpha value is -0.860. The number of nitrogens with zero attached hydrogens (tertiary/aromatic N) is 2. The van der Waals surface area contributed by atoms with E-state index < -0.39 is 0 Å². The summed E-state index contributed by atoms with van der Waals surface area (Å²) in [5, 5.41) is 7.01. The largest absolute Gasteiger partial charge is 0.363 e. The Bertz CT molecular complexity index is 161. The van der Waals surface area contributed by atoms with Crippen molar-refractivity contribution in [3.05, 3.63) is 0 Å². The van der Waals surface area contributed by atoms with Gasteiger partial charge in [-0.1, -0.05) is 0 Å². The minimum absolute atomic E-state index is 0.314. The first-order chi connectivity index (χ1) is 5.61. The van der Waals surface area contributed by atoms with Crippen LogP contribution in [0.4, 0.5) is 0 Å². The highest BCUT2D eigenvalue weighted by atomic mass is 15.2. The lowest BCUT2D eigenvalue weighted by molar-refractivity contribution is 0.522. The maximum atomic E-state index is 7.01. The third kappa shape index (κ3) is 4.11. The van der Waals surface area contributed by atoms with Gasteiger partial charge in [0.15, 0.2) is 0 Å². The van der Waals surface area contributed by atoms with Gasteiger partial charge < -0.3 is 10.3 Å². The minimum atomic E-state index is 0.314. The van der Waals surface area contributed by atoms with Crippen LogP contribution >= 0.6 is 0 Å². The number of amidine groups is 1. The van der Waals surface area contributed by atoms with Gasteiger partial charge in [0, 0.05) is 32.3 Å². The van der Waals surface area contributed by atoms with Crippen molar-refractivity contribution in [3.63, 3.8) is 0 Å². The molecule has 0 atom stereocenters. The summed E-state index contributed by atoms with van der Waals surface area (Å²) in [7, 11) is 2.00. The summed E-state index contributed by atoms with van der Waals surface area (Å²) in [5.41, 5.74) is 0. The molecule has 3 nitrogen and oxygen atoms in total. The van der Waals surface area contributed by atoms with Gasteiger partial charge in [-0.15, -0.1) is 0 Å². The van der Waals surface area contributed by atoms with Gasteiger partial charge in [0.2, 0.25) is 0 Å². The van der Waals surface area contributed by atoms with Crippen LogP contribution in [0.2, 0.25) is 0 Å². The lowest BCUT2D eigenvalue weighted by Crippen LogP contribution is -2.27. The van der Waals surface area contributed by atoms with E-state index in [-0.39, 0.29) is 0 Å². The van der Waals surface area contributed by atoms with E-state index in [2.05, 4.69) is 16.8 Å². The predicted molar refractivity (Wildman–Crippen MR) is 54.3 cm³/mol. The molecule has 3 heteroatoms. The molecule has 0 amide bonds. The van der Waals surface area contributed by atoms with Gasteiger partial charge in [0.1, 0.15) is 5.84 Å². The summed E-state index contributed by atoms with van der Waals surface area (Å²) in [5.74, 6) is 1.00. The Kier molecular flexibility index (Phi) is 5.34. The monoisotopic (exact) mass is 169 g/mol.